The van der Waals surface area contributed by atoms with E-state index in [-0.39, 0.29) is 0 Å². The quantitative estimate of drug-likeness (QED) is 0.669. The fraction of sp³-hybridized carbons (Fsp3) is 0.600. The molecule has 1 aliphatic rings. The summed E-state index contributed by atoms with van der Waals surface area (Å²) >= 11 is 5.89. The van der Waals surface area contributed by atoms with Crippen LogP contribution in [0, 0.1) is 6.92 Å². The van der Waals surface area contributed by atoms with Crippen LogP contribution in [0.1, 0.15) is 25.0 Å². The first-order valence-electron chi connectivity index (χ1n) is 5.02. The molecule has 3 nitrogen and oxygen atoms in total. The van der Waals surface area contributed by atoms with E-state index in [1.165, 1.54) is 19.3 Å². The van der Waals surface area contributed by atoms with Crippen molar-refractivity contribution < 1.29 is 0 Å². The van der Waals surface area contributed by atoms with Gasteiger partial charge >= 0.3 is 0 Å². The van der Waals surface area contributed by atoms with Crippen LogP contribution in [0.4, 0.5) is 5.95 Å². The second-order valence-electron chi connectivity index (χ2n) is 3.68. The van der Waals surface area contributed by atoms with E-state index in [0.29, 0.717) is 5.15 Å². The van der Waals surface area contributed by atoms with Gasteiger partial charge < -0.3 is 4.90 Å². The molecule has 0 aliphatic carbocycles. The summed E-state index contributed by atoms with van der Waals surface area (Å²) in [6, 6.07) is 1.79. The highest BCUT2D eigenvalue weighted by Gasteiger charge is 2.13. The Bertz CT molecular complexity index is 301. The Morgan fingerprint density at radius 2 is 1.93 bits per heavy atom. The van der Waals surface area contributed by atoms with E-state index < -0.39 is 0 Å². The third kappa shape index (κ3) is 2.15. The highest BCUT2D eigenvalue weighted by atomic mass is 35.5. The van der Waals surface area contributed by atoms with E-state index in [1.807, 2.05) is 6.92 Å². The molecular formula is C10H14ClN3. The number of rotatable bonds is 1. The standard InChI is InChI=1S/C10H14ClN3/c1-8-7-9(11)13-10(12-8)14-5-3-2-4-6-14/h7H,2-6H2,1H3. The SMILES string of the molecule is Cc1cc(Cl)nc(N2CCCCC2)n1. The molecule has 14 heavy (non-hydrogen) atoms. The van der Waals surface area contributed by atoms with E-state index in [4.69, 9.17) is 11.6 Å². The van der Waals surface area contributed by atoms with E-state index >= 15 is 0 Å². The number of anilines is 1. The second-order valence-corrected chi connectivity index (χ2v) is 4.07. The average Bonchev–Trinajstić information content (AvgIpc) is 2.18. The minimum atomic E-state index is 0.540. The fourth-order valence-corrected chi connectivity index (χ4v) is 1.98. The summed E-state index contributed by atoms with van der Waals surface area (Å²) in [5.41, 5.74) is 0.936. The van der Waals surface area contributed by atoms with Crippen molar-refractivity contribution in [3.63, 3.8) is 0 Å². The van der Waals surface area contributed by atoms with Gasteiger partial charge in [0.2, 0.25) is 5.95 Å². The zero-order chi connectivity index (χ0) is 9.97. The van der Waals surface area contributed by atoms with Crippen molar-refractivity contribution in [1.82, 2.24) is 9.97 Å². The number of nitrogens with zero attached hydrogens (tertiary/aromatic N) is 3. The first kappa shape index (κ1) is 9.71. The number of aromatic nitrogens is 2. The van der Waals surface area contributed by atoms with Gasteiger partial charge in [0.05, 0.1) is 0 Å². The molecule has 1 saturated heterocycles. The largest absolute Gasteiger partial charge is 0.341 e. The van der Waals surface area contributed by atoms with Crippen LogP contribution in [-0.4, -0.2) is 23.1 Å². The smallest absolute Gasteiger partial charge is 0.226 e. The number of halogens is 1. The molecule has 0 radical (unpaired) electrons. The first-order valence-corrected chi connectivity index (χ1v) is 5.39. The van der Waals surface area contributed by atoms with E-state index in [0.717, 1.165) is 24.7 Å². The number of piperidine rings is 1. The monoisotopic (exact) mass is 211 g/mol. The van der Waals surface area contributed by atoms with Crippen LogP contribution < -0.4 is 4.90 Å². The zero-order valence-corrected chi connectivity index (χ0v) is 9.09. The van der Waals surface area contributed by atoms with E-state index in [9.17, 15) is 0 Å². The normalized spacial score (nSPS) is 17.1. The van der Waals surface area contributed by atoms with Gasteiger partial charge in [0.25, 0.3) is 0 Å². The van der Waals surface area contributed by atoms with Crippen LogP contribution in [0.3, 0.4) is 0 Å². The summed E-state index contributed by atoms with van der Waals surface area (Å²) in [6.45, 7) is 4.06. The molecule has 0 N–H and O–H groups in total. The van der Waals surface area contributed by atoms with Crippen molar-refractivity contribution >= 4 is 17.5 Å². The van der Waals surface area contributed by atoms with Gasteiger partial charge in [-0.05, 0) is 32.3 Å². The van der Waals surface area contributed by atoms with Crippen LogP contribution in [0.25, 0.3) is 0 Å². The van der Waals surface area contributed by atoms with E-state index in [2.05, 4.69) is 14.9 Å². The molecule has 1 fully saturated rings. The lowest BCUT2D eigenvalue weighted by Gasteiger charge is -2.26. The summed E-state index contributed by atoms with van der Waals surface area (Å²) in [4.78, 5) is 10.8. The summed E-state index contributed by atoms with van der Waals surface area (Å²) in [7, 11) is 0. The summed E-state index contributed by atoms with van der Waals surface area (Å²) in [5.74, 6) is 0.787. The molecule has 2 rings (SSSR count). The van der Waals surface area contributed by atoms with Gasteiger partial charge in [-0.2, -0.15) is 0 Å². The molecule has 0 atom stereocenters. The van der Waals surface area contributed by atoms with Crippen molar-refractivity contribution in [3.05, 3.63) is 16.9 Å². The number of hydrogen-bond acceptors (Lipinski definition) is 3. The molecule has 1 aromatic rings. The Morgan fingerprint density at radius 1 is 1.21 bits per heavy atom. The molecule has 1 aliphatic heterocycles. The second kappa shape index (κ2) is 4.13. The Kier molecular flexibility index (Phi) is 2.87. The molecule has 0 unspecified atom stereocenters. The molecule has 4 heteroatoms. The minimum Gasteiger partial charge on any atom is -0.341 e. The molecule has 0 bridgehead atoms. The lowest BCUT2D eigenvalue weighted by atomic mass is 10.1. The Balaban J connectivity index is 2.21. The molecule has 2 heterocycles. The van der Waals surface area contributed by atoms with Gasteiger partial charge in [0, 0.05) is 18.8 Å². The van der Waals surface area contributed by atoms with Crippen molar-refractivity contribution in [2.75, 3.05) is 18.0 Å². The summed E-state index contributed by atoms with van der Waals surface area (Å²) in [5, 5.41) is 0.540. The number of aryl methyl sites for hydroxylation is 1. The predicted molar refractivity (Wildman–Crippen MR) is 57.8 cm³/mol. The highest BCUT2D eigenvalue weighted by Crippen LogP contribution is 2.18. The van der Waals surface area contributed by atoms with Crippen molar-refractivity contribution in [3.8, 4) is 0 Å². The Hall–Kier alpha value is -0.830. The van der Waals surface area contributed by atoms with Crippen molar-refractivity contribution in [2.24, 2.45) is 0 Å². The van der Waals surface area contributed by atoms with Crippen LogP contribution in [0.2, 0.25) is 5.15 Å². The van der Waals surface area contributed by atoms with Crippen molar-refractivity contribution in [1.29, 1.82) is 0 Å². The molecule has 0 aromatic carbocycles. The third-order valence-electron chi connectivity index (χ3n) is 2.45. The predicted octanol–water partition coefficient (Wildman–Crippen LogP) is 2.43. The van der Waals surface area contributed by atoms with Crippen LogP contribution in [0.15, 0.2) is 6.07 Å². The third-order valence-corrected chi connectivity index (χ3v) is 2.64. The molecule has 1 aromatic heterocycles. The molecule has 0 saturated carbocycles. The van der Waals surface area contributed by atoms with Crippen LogP contribution in [0.5, 0.6) is 0 Å². The summed E-state index contributed by atoms with van der Waals surface area (Å²) < 4.78 is 0. The highest BCUT2D eigenvalue weighted by molar-refractivity contribution is 6.29. The minimum absolute atomic E-state index is 0.540. The van der Waals surface area contributed by atoms with Gasteiger partial charge in [-0.15, -0.1) is 0 Å². The Morgan fingerprint density at radius 3 is 2.57 bits per heavy atom. The van der Waals surface area contributed by atoms with Crippen molar-refractivity contribution in [2.45, 2.75) is 26.2 Å². The maximum atomic E-state index is 5.89. The average molecular weight is 212 g/mol. The molecule has 0 spiro atoms. The zero-order valence-electron chi connectivity index (χ0n) is 8.33. The lowest BCUT2D eigenvalue weighted by Crippen LogP contribution is -2.31. The van der Waals surface area contributed by atoms with E-state index in [1.54, 1.807) is 6.07 Å². The summed E-state index contributed by atoms with van der Waals surface area (Å²) in [6.07, 6.45) is 3.78. The maximum Gasteiger partial charge on any atom is 0.226 e. The fourth-order valence-electron chi connectivity index (χ4n) is 1.75. The number of hydrogen-bond donors (Lipinski definition) is 0. The van der Waals surface area contributed by atoms with Gasteiger partial charge in [-0.3, -0.25) is 0 Å². The van der Waals surface area contributed by atoms with Gasteiger partial charge in [-0.1, -0.05) is 11.6 Å². The first-order chi connectivity index (χ1) is 6.75. The van der Waals surface area contributed by atoms with Gasteiger partial charge in [0.15, 0.2) is 0 Å². The van der Waals surface area contributed by atoms with Gasteiger partial charge in [0.1, 0.15) is 5.15 Å². The van der Waals surface area contributed by atoms with Crippen LogP contribution >= 0.6 is 11.6 Å². The topological polar surface area (TPSA) is 29.0 Å². The molecule has 0 amide bonds. The molecular weight excluding hydrogens is 198 g/mol. The maximum absolute atomic E-state index is 5.89. The lowest BCUT2D eigenvalue weighted by molar-refractivity contribution is 0.567. The Labute approximate surface area is 89.1 Å². The van der Waals surface area contributed by atoms with Gasteiger partial charge in [-0.25, -0.2) is 9.97 Å². The van der Waals surface area contributed by atoms with Crippen LogP contribution in [-0.2, 0) is 0 Å². The molecule has 76 valence electrons.